The number of nitrogens with zero attached hydrogens (tertiary/aromatic N) is 1. The summed E-state index contributed by atoms with van der Waals surface area (Å²) < 4.78 is 19.2. The van der Waals surface area contributed by atoms with Gasteiger partial charge in [-0.25, -0.2) is 4.39 Å². The van der Waals surface area contributed by atoms with Crippen molar-refractivity contribution in [3.05, 3.63) is 0 Å². The molecule has 2 atom stereocenters. The second kappa shape index (κ2) is 7.27. The molecule has 5 nitrogen and oxygen atoms in total. The molecule has 1 amide bonds. The van der Waals surface area contributed by atoms with Gasteiger partial charge in [0.05, 0.1) is 18.6 Å². The van der Waals surface area contributed by atoms with Gasteiger partial charge in [0.15, 0.2) is 14.5 Å². The van der Waals surface area contributed by atoms with E-state index in [-0.39, 0.29) is 43.5 Å². The van der Waals surface area contributed by atoms with Crippen LogP contribution < -0.4 is 24.0 Å². The van der Waals surface area contributed by atoms with E-state index in [9.17, 15) is 19.1 Å². The molecule has 0 aliphatic carbocycles. The molecule has 1 aliphatic rings. The second-order valence-corrected chi connectivity index (χ2v) is 11.5. The van der Waals surface area contributed by atoms with Gasteiger partial charge in [-0.2, -0.15) is 0 Å². The van der Waals surface area contributed by atoms with Crippen LogP contribution in [-0.4, -0.2) is 50.5 Å². The molecular weight excluding hydrogens is 288 g/mol. The number of rotatable bonds is 5. The van der Waals surface area contributed by atoms with Crippen molar-refractivity contribution in [2.45, 2.75) is 57.5 Å². The molecule has 0 radical (unpaired) electrons. The third kappa shape index (κ3) is 4.81. The molecule has 1 saturated heterocycles. The summed E-state index contributed by atoms with van der Waals surface area (Å²) in [6.45, 7) is 10.7. The number of halogens is 1. The first-order valence-corrected chi connectivity index (χ1v) is 9.67. The maximum atomic E-state index is 13.3. The van der Waals surface area contributed by atoms with Crippen LogP contribution in [0.25, 0.3) is 0 Å². The van der Waals surface area contributed by atoms with Gasteiger partial charge in [0, 0.05) is 13.0 Å². The first-order valence-electron chi connectivity index (χ1n) is 6.77. The predicted molar refractivity (Wildman–Crippen MR) is 73.2 cm³/mol. The summed E-state index contributed by atoms with van der Waals surface area (Å²) in [5.74, 6) is -2.19. The molecule has 0 aromatic heterocycles. The van der Waals surface area contributed by atoms with Gasteiger partial charge in [-0.15, -0.1) is 0 Å². The summed E-state index contributed by atoms with van der Waals surface area (Å²) >= 11 is 0. The molecule has 1 heterocycles. The number of carbonyl (C=O) groups is 2. The molecule has 116 valence electrons. The van der Waals surface area contributed by atoms with Gasteiger partial charge in [-0.1, -0.05) is 20.8 Å². The van der Waals surface area contributed by atoms with Crippen LogP contribution >= 0.6 is 0 Å². The van der Waals surface area contributed by atoms with Crippen molar-refractivity contribution in [1.29, 1.82) is 0 Å². The third-order valence-electron chi connectivity index (χ3n) is 4.23. The number of likely N-dealkylation sites (tertiary alicyclic amines) is 1. The topological polar surface area (TPSA) is 69.7 Å². The van der Waals surface area contributed by atoms with Gasteiger partial charge in [-0.3, -0.25) is 4.79 Å². The zero-order valence-electron chi connectivity index (χ0n) is 13.7. The Kier molecular flexibility index (Phi) is 7.15. The molecule has 1 fully saturated rings. The van der Waals surface area contributed by atoms with Crippen LogP contribution in [0.2, 0.25) is 18.1 Å². The van der Waals surface area contributed by atoms with E-state index in [1.54, 1.807) is 0 Å². The molecule has 0 saturated carbocycles. The van der Waals surface area contributed by atoms with E-state index < -0.39 is 32.4 Å². The third-order valence-corrected chi connectivity index (χ3v) is 8.77. The molecule has 0 spiro atoms. The summed E-state index contributed by atoms with van der Waals surface area (Å²) in [7, 11) is -1.96. The monoisotopic (exact) mass is 311 g/mol. The number of hydrogen-bond acceptors (Lipinski definition) is 4. The molecule has 8 heteroatoms. The first kappa shape index (κ1) is 20.6. The fourth-order valence-electron chi connectivity index (χ4n) is 1.86. The standard InChI is InChI=1S/C13H24FNO4Si.Li/c1-13(2,3)20(4,5)19-7-6-15-10(12(17)18)8-9(14)11(15)16;/h9-10H,6-8H2,1-5H3,(H,17,18);/q;+1/p-1/t9-,10-;/m0./s1. The van der Waals surface area contributed by atoms with E-state index in [4.69, 9.17) is 4.43 Å². The zero-order valence-corrected chi connectivity index (χ0v) is 14.7. The largest absolute Gasteiger partial charge is 1.00 e. The number of aliphatic carboxylic acids is 1. The molecule has 0 aromatic carbocycles. The van der Waals surface area contributed by atoms with Crippen molar-refractivity contribution in [2.75, 3.05) is 13.2 Å². The van der Waals surface area contributed by atoms with Gasteiger partial charge in [0.25, 0.3) is 5.91 Å². The summed E-state index contributed by atoms with van der Waals surface area (Å²) in [5.41, 5.74) is 0. The number of carboxylic acid groups (broad SMARTS) is 1. The van der Waals surface area contributed by atoms with Crippen LogP contribution in [0.4, 0.5) is 4.39 Å². The Balaban J connectivity index is 0.00000400. The van der Waals surface area contributed by atoms with Crippen LogP contribution in [-0.2, 0) is 14.0 Å². The van der Waals surface area contributed by atoms with Crippen molar-refractivity contribution in [3.63, 3.8) is 0 Å². The first-order chi connectivity index (χ1) is 8.97. The Bertz CT molecular complexity index is 400. The fraction of sp³-hybridized carbons (Fsp3) is 0.846. The molecular formula is C13H23FLiNO4Si. The van der Waals surface area contributed by atoms with E-state index in [0.717, 1.165) is 4.90 Å². The number of hydrogen-bond donors (Lipinski definition) is 0. The average molecular weight is 311 g/mol. The van der Waals surface area contributed by atoms with E-state index in [2.05, 4.69) is 33.9 Å². The minimum Gasteiger partial charge on any atom is -0.548 e. The Morgan fingerprint density at radius 1 is 1.48 bits per heavy atom. The minimum atomic E-state index is -1.96. The zero-order chi connectivity index (χ0) is 15.7. The molecule has 1 rings (SSSR count). The maximum absolute atomic E-state index is 13.3. The van der Waals surface area contributed by atoms with Crippen LogP contribution in [0.1, 0.15) is 27.2 Å². The second-order valence-electron chi connectivity index (χ2n) is 6.68. The van der Waals surface area contributed by atoms with Crippen molar-refractivity contribution in [1.82, 2.24) is 4.90 Å². The summed E-state index contributed by atoms with van der Waals surface area (Å²) in [6, 6.07) is -1.18. The van der Waals surface area contributed by atoms with Crippen LogP contribution in [0.3, 0.4) is 0 Å². The number of amides is 1. The molecule has 0 aromatic rings. The number of carbonyl (C=O) groups excluding carboxylic acids is 2. The van der Waals surface area contributed by atoms with Crippen molar-refractivity contribution in [3.8, 4) is 0 Å². The van der Waals surface area contributed by atoms with Gasteiger partial charge in [-0.05, 0) is 18.1 Å². The van der Waals surface area contributed by atoms with E-state index in [0.29, 0.717) is 0 Å². The average Bonchev–Trinajstić information content (AvgIpc) is 2.55. The normalized spacial score (nSPS) is 23.1. The van der Waals surface area contributed by atoms with Crippen LogP contribution in [0.15, 0.2) is 0 Å². The Hall–Kier alpha value is -0.356. The number of alkyl halides is 1. The summed E-state index contributed by atoms with van der Waals surface area (Å²) in [4.78, 5) is 23.5. The summed E-state index contributed by atoms with van der Waals surface area (Å²) in [5, 5.41) is 10.9. The predicted octanol–water partition coefficient (Wildman–Crippen LogP) is -2.30. The van der Waals surface area contributed by atoms with Crippen LogP contribution in [0.5, 0.6) is 0 Å². The molecule has 1 aliphatic heterocycles. The Morgan fingerprint density at radius 2 is 2.00 bits per heavy atom. The van der Waals surface area contributed by atoms with E-state index >= 15 is 0 Å². The van der Waals surface area contributed by atoms with Crippen molar-refractivity contribution in [2.24, 2.45) is 0 Å². The van der Waals surface area contributed by atoms with Gasteiger partial charge < -0.3 is 19.2 Å². The van der Waals surface area contributed by atoms with Gasteiger partial charge in [0.1, 0.15) is 0 Å². The maximum Gasteiger partial charge on any atom is 1.00 e. The van der Waals surface area contributed by atoms with Gasteiger partial charge >= 0.3 is 18.9 Å². The van der Waals surface area contributed by atoms with E-state index in [1.165, 1.54) is 0 Å². The SMILES string of the molecule is CC(C)(C)[Si](C)(C)OCCN1C(=O)[C@@H](F)C[C@H]1C(=O)[O-].[Li+]. The fourth-order valence-corrected chi connectivity index (χ4v) is 2.90. The van der Waals surface area contributed by atoms with Crippen LogP contribution in [0, 0.1) is 0 Å². The smallest absolute Gasteiger partial charge is 0.548 e. The molecule has 0 unspecified atom stereocenters. The molecule has 0 N–H and O–H groups in total. The quantitative estimate of drug-likeness (QED) is 0.536. The Labute approximate surface area is 138 Å². The number of carboxylic acids is 1. The van der Waals surface area contributed by atoms with Crippen molar-refractivity contribution < 1.29 is 42.4 Å². The van der Waals surface area contributed by atoms with Gasteiger partial charge in [0.2, 0.25) is 0 Å². The minimum absolute atomic E-state index is 0. The van der Waals surface area contributed by atoms with E-state index in [1.807, 2.05) is 0 Å². The molecule has 21 heavy (non-hydrogen) atoms. The molecule has 0 bridgehead atoms. The summed E-state index contributed by atoms with van der Waals surface area (Å²) in [6.07, 6.45) is -2.08. The van der Waals surface area contributed by atoms with Crippen molar-refractivity contribution >= 4 is 20.2 Å². The Morgan fingerprint density at radius 3 is 2.43 bits per heavy atom.